The number of rotatable bonds is 6. The molecule has 1 heterocycles. The number of hydrogen-bond donors (Lipinski definition) is 2. The molecule has 0 aliphatic heterocycles. The van der Waals surface area contributed by atoms with Gasteiger partial charge >= 0.3 is 0 Å². The van der Waals surface area contributed by atoms with Crippen molar-refractivity contribution in [2.45, 2.75) is 26.7 Å². The standard InChI is InChI=1S/C23H23N3O2/c1-15(2)21-9-4-5-10-22(21)26-23(28)18-12-20(14-24-13-18)25-19-8-6-7-17(11-19)16(3)27/h4-15,25H,1-3H3,(H,26,28). The SMILES string of the molecule is CC(=O)c1cccc(Nc2cncc(C(=O)Nc3ccccc3C(C)C)c2)c1. The Bertz CT molecular complexity index is 1010. The van der Waals surface area contributed by atoms with Crippen molar-refractivity contribution in [2.24, 2.45) is 0 Å². The molecule has 3 rings (SSSR count). The lowest BCUT2D eigenvalue weighted by Crippen LogP contribution is -2.14. The molecule has 0 fully saturated rings. The Labute approximate surface area is 164 Å². The molecule has 0 atom stereocenters. The molecule has 0 radical (unpaired) electrons. The summed E-state index contributed by atoms with van der Waals surface area (Å²) >= 11 is 0. The first-order valence-electron chi connectivity index (χ1n) is 9.17. The van der Waals surface area contributed by atoms with Gasteiger partial charge in [-0.2, -0.15) is 0 Å². The fourth-order valence-electron chi connectivity index (χ4n) is 2.92. The highest BCUT2D eigenvalue weighted by Gasteiger charge is 2.12. The Morgan fingerprint density at radius 1 is 0.893 bits per heavy atom. The minimum absolute atomic E-state index is 0.00118. The number of nitrogens with one attached hydrogen (secondary N) is 2. The molecule has 0 aliphatic carbocycles. The van der Waals surface area contributed by atoms with Gasteiger partial charge in [0.2, 0.25) is 0 Å². The molecule has 3 aromatic rings. The van der Waals surface area contributed by atoms with Crippen LogP contribution >= 0.6 is 0 Å². The number of amides is 1. The number of carbonyl (C=O) groups is 2. The zero-order chi connectivity index (χ0) is 20.1. The van der Waals surface area contributed by atoms with Gasteiger partial charge in [-0.3, -0.25) is 14.6 Å². The highest BCUT2D eigenvalue weighted by molar-refractivity contribution is 6.05. The second kappa shape index (κ2) is 8.48. The van der Waals surface area contributed by atoms with Gasteiger partial charge in [0.25, 0.3) is 5.91 Å². The molecule has 2 aromatic carbocycles. The number of ketones is 1. The second-order valence-corrected chi connectivity index (χ2v) is 6.92. The molecule has 5 heteroatoms. The molecule has 5 nitrogen and oxygen atoms in total. The molecule has 2 N–H and O–H groups in total. The van der Waals surface area contributed by atoms with E-state index in [2.05, 4.69) is 29.5 Å². The zero-order valence-electron chi connectivity index (χ0n) is 16.2. The van der Waals surface area contributed by atoms with Crippen molar-refractivity contribution < 1.29 is 9.59 Å². The van der Waals surface area contributed by atoms with Gasteiger partial charge in [-0.05, 0) is 42.7 Å². The molecule has 28 heavy (non-hydrogen) atoms. The third-order valence-corrected chi connectivity index (χ3v) is 4.39. The number of carbonyl (C=O) groups excluding carboxylic acids is 2. The highest BCUT2D eigenvalue weighted by Crippen LogP contribution is 2.24. The van der Waals surface area contributed by atoms with Crippen molar-refractivity contribution in [2.75, 3.05) is 10.6 Å². The van der Waals surface area contributed by atoms with Crippen LogP contribution in [0.2, 0.25) is 0 Å². The number of anilines is 3. The van der Waals surface area contributed by atoms with Crippen LogP contribution in [0.1, 0.15) is 53.0 Å². The molecule has 0 bridgehead atoms. The van der Waals surface area contributed by atoms with Crippen LogP contribution in [0.5, 0.6) is 0 Å². The smallest absolute Gasteiger partial charge is 0.257 e. The van der Waals surface area contributed by atoms with Crippen LogP contribution in [-0.4, -0.2) is 16.7 Å². The van der Waals surface area contributed by atoms with Crippen molar-refractivity contribution in [3.8, 4) is 0 Å². The number of aromatic nitrogens is 1. The predicted octanol–water partition coefficient (Wildman–Crippen LogP) is 5.40. The van der Waals surface area contributed by atoms with Crippen LogP contribution in [0.4, 0.5) is 17.1 Å². The van der Waals surface area contributed by atoms with Crippen LogP contribution in [0.25, 0.3) is 0 Å². The van der Waals surface area contributed by atoms with Crippen LogP contribution in [0.15, 0.2) is 67.0 Å². The van der Waals surface area contributed by atoms with Gasteiger partial charge in [0.15, 0.2) is 5.78 Å². The summed E-state index contributed by atoms with van der Waals surface area (Å²) in [5.74, 6) is 0.0802. The van der Waals surface area contributed by atoms with Crippen molar-refractivity contribution >= 4 is 28.8 Å². The molecule has 0 unspecified atom stereocenters. The van der Waals surface area contributed by atoms with E-state index in [1.165, 1.54) is 13.1 Å². The maximum Gasteiger partial charge on any atom is 0.257 e. The normalized spacial score (nSPS) is 10.6. The van der Waals surface area contributed by atoms with Crippen LogP contribution < -0.4 is 10.6 Å². The van der Waals surface area contributed by atoms with E-state index in [0.717, 1.165) is 16.9 Å². The van der Waals surface area contributed by atoms with Crippen LogP contribution in [0.3, 0.4) is 0 Å². The third kappa shape index (κ3) is 4.62. The molecule has 0 aliphatic rings. The maximum absolute atomic E-state index is 12.7. The lowest BCUT2D eigenvalue weighted by atomic mass is 10.0. The van der Waals surface area contributed by atoms with Gasteiger partial charge in [-0.1, -0.05) is 44.2 Å². The molecule has 1 amide bonds. The summed E-state index contributed by atoms with van der Waals surface area (Å²) in [6, 6.07) is 16.7. The first-order valence-corrected chi connectivity index (χ1v) is 9.17. The summed E-state index contributed by atoms with van der Waals surface area (Å²) in [6.45, 7) is 5.71. The average molecular weight is 373 g/mol. The molecule has 0 spiro atoms. The summed E-state index contributed by atoms with van der Waals surface area (Å²) in [7, 11) is 0. The van der Waals surface area contributed by atoms with E-state index in [4.69, 9.17) is 0 Å². The topological polar surface area (TPSA) is 71.1 Å². The summed E-state index contributed by atoms with van der Waals surface area (Å²) in [6.07, 6.45) is 3.17. The fourth-order valence-corrected chi connectivity index (χ4v) is 2.92. The van der Waals surface area contributed by atoms with E-state index < -0.39 is 0 Å². The van der Waals surface area contributed by atoms with Gasteiger partial charge in [-0.25, -0.2) is 0 Å². The Morgan fingerprint density at radius 2 is 1.64 bits per heavy atom. The van der Waals surface area contributed by atoms with Crippen molar-refractivity contribution in [3.63, 3.8) is 0 Å². The van der Waals surface area contributed by atoms with E-state index in [1.807, 2.05) is 36.4 Å². The minimum Gasteiger partial charge on any atom is -0.354 e. The molecular formula is C23H23N3O2. The number of para-hydroxylation sites is 1. The van der Waals surface area contributed by atoms with Crippen molar-refractivity contribution in [3.05, 3.63) is 83.7 Å². The van der Waals surface area contributed by atoms with Gasteiger partial charge in [0, 0.05) is 23.1 Å². The van der Waals surface area contributed by atoms with Gasteiger partial charge in [0.1, 0.15) is 0 Å². The Morgan fingerprint density at radius 3 is 2.39 bits per heavy atom. The minimum atomic E-state index is -0.221. The Kier molecular flexibility index (Phi) is 5.84. The first kappa shape index (κ1) is 19.3. The number of hydrogen-bond acceptors (Lipinski definition) is 4. The summed E-state index contributed by atoms with van der Waals surface area (Å²) in [5, 5.41) is 6.17. The largest absolute Gasteiger partial charge is 0.354 e. The summed E-state index contributed by atoms with van der Waals surface area (Å²) in [5.41, 5.74) is 4.39. The first-order chi connectivity index (χ1) is 13.4. The molecular weight excluding hydrogens is 350 g/mol. The average Bonchev–Trinajstić information content (AvgIpc) is 2.68. The quantitative estimate of drug-likeness (QED) is 0.567. The van der Waals surface area contributed by atoms with Gasteiger partial charge in [0.05, 0.1) is 17.4 Å². The number of pyridine rings is 1. The number of Topliss-reactive ketones (excluding diaryl/α,β-unsaturated/α-hetero) is 1. The second-order valence-electron chi connectivity index (χ2n) is 6.92. The summed E-state index contributed by atoms with van der Waals surface area (Å²) in [4.78, 5) is 28.4. The third-order valence-electron chi connectivity index (χ3n) is 4.39. The lowest BCUT2D eigenvalue weighted by molar-refractivity contribution is 0.101. The van der Waals surface area contributed by atoms with E-state index in [9.17, 15) is 9.59 Å². The van der Waals surface area contributed by atoms with Crippen LogP contribution in [-0.2, 0) is 0 Å². The number of benzene rings is 2. The van der Waals surface area contributed by atoms with Gasteiger partial charge < -0.3 is 10.6 Å². The van der Waals surface area contributed by atoms with Gasteiger partial charge in [-0.15, -0.1) is 0 Å². The van der Waals surface area contributed by atoms with Crippen LogP contribution in [0, 0.1) is 0 Å². The molecule has 0 saturated carbocycles. The van der Waals surface area contributed by atoms with Crippen molar-refractivity contribution in [1.29, 1.82) is 0 Å². The molecule has 1 aromatic heterocycles. The lowest BCUT2D eigenvalue weighted by Gasteiger charge is -2.14. The molecule has 0 saturated heterocycles. The zero-order valence-corrected chi connectivity index (χ0v) is 16.2. The predicted molar refractivity (Wildman–Crippen MR) is 112 cm³/mol. The summed E-state index contributed by atoms with van der Waals surface area (Å²) < 4.78 is 0. The van der Waals surface area contributed by atoms with E-state index in [-0.39, 0.29) is 11.7 Å². The maximum atomic E-state index is 12.7. The fraction of sp³-hybridized carbons (Fsp3) is 0.174. The molecule has 142 valence electrons. The van der Waals surface area contributed by atoms with E-state index in [0.29, 0.717) is 22.7 Å². The van der Waals surface area contributed by atoms with Crippen molar-refractivity contribution in [1.82, 2.24) is 4.98 Å². The van der Waals surface area contributed by atoms with E-state index >= 15 is 0 Å². The highest BCUT2D eigenvalue weighted by atomic mass is 16.1. The number of nitrogens with zero attached hydrogens (tertiary/aromatic N) is 1. The Balaban J connectivity index is 1.79. The monoisotopic (exact) mass is 373 g/mol. The van der Waals surface area contributed by atoms with E-state index in [1.54, 1.807) is 24.4 Å². The Hall–Kier alpha value is -3.47.